The standard InChI is InChI=1S/C11H13NO4S/c1-4-6(9(14)15)12-8(7(4)17)11(3,5(2)13)10(12)16/h5,8,13H,1-3H3,(H,14,15)/t5-,8+,11+/m0/s1. The largest absolute Gasteiger partial charge is 0.477 e. The molecule has 2 heterocycles. The SMILES string of the molecule is CC1=C(C(=O)O)N2C(=O)[C@](C)([C@H](C)O)[C@H]2C1=S. The van der Waals surface area contributed by atoms with Crippen molar-refractivity contribution in [2.24, 2.45) is 5.41 Å². The molecule has 2 aliphatic heterocycles. The predicted molar refractivity (Wildman–Crippen MR) is 63.4 cm³/mol. The smallest absolute Gasteiger partial charge is 0.352 e. The van der Waals surface area contributed by atoms with Crippen LogP contribution in [0.25, 0.3) is 0 Å². The van der Waals surface area contributed by atoms with Gasteiger partial charge in [-0.15, -0.1) is 0 Å². The monoisotopic (exact) mass is 255 g/mol. The molecule has 0 bridgehead atoms. The van der Waals surface area contributed by atoms with Crippen molar-refractivity contribution < 1.29 is 19.8 Å². The summed E-state index contributed by atoms with van der Waals surface area (Å²) in [6, 6.07) is -0.504. The Bertz CT molecular complexity index is 482. The number of aliphatic hydroxyl groups excluding tert-OH is 1. The normalized spacial score (nSPS) is 33.6. The average molecular weight is 255 g/mol. The molecule has 0 unspecified atom stereocenters. The second-order valence-corrected chi connectivity index (χ2v) is 5.12. The minimum atomic E-state index is -1.16. The summed E-state index contributed by atoms with van der Waals surface area (Å²) < 4.78 is 0. The maximum atomic E-state index is 12.0. The first kappa shape index (κ1) is 12.2. The van der Waals surface area contributed by atoms with Gasteiger partial charge < -0.3 is 10.2 Å². The van der Waals surface area contributed by atoms with Gasteiger partial charge in [0.15, 0.2) is 0 Å². The van der Waals surface area contributed by atoms with Crippen LogP contribution in [-0.2, 0) is 9.59 Å². The number of aliphatic carboxylic acids is 1. The third kappa shape index (κ3) is 1.19. The highest BCUT2D eigenvalue weighted by Crippen LogP contribution is 2.50. The first-order chi connectivity index (χ1) is 7.74. The van der Waals surface area contributed by atoms with E-state index in [1.54, 1.807) is 13.8 Å². The molecule has 2 aliphatic rings. The van der Waals surface area contributed by atoms with Crippen LogP contribution in [0.15, 0.2) is 11.3 Å². The van der Waals surface area contributed by atoms with Crippen LogP contribution in [0.3, 0.4) is 0 Å². The molecule has 17 heavy (non-hydrogen) atoms. The van der Waals surface area contributed by atoms with Gasteiger partial charge in [-0.25, -0.2) is 4.79 Å². The fraction of sp³-hybridized carbons (Fsp3) is 0.545. The van der Waals surface area contributed by atoms with Gasteiger partial charge in [0.05, 0.1) is 17.6 Å². The van der Waals surface area contributed by atoms with Gasteiger partial charge in [0, 0.05) is 4.86 Å². The molecule has 2 N–H and O–H groups in total. The van der Waals surface area contributed by atoms with Crippen LogP contribution < -0.4 is 0 Å². The molecule has 0 radical (unpaired) electrons. The number of carbonyl (C=O) groups excluding carboxylic acids is 1. The maximum Gasteiger partial charge on any atom is 0.352 e. The zero-order chi connectivity index (χ0) is 13.1. The molecule has 0 aliphatic carbocycles. The first-order valence-corrected chi connectivity index (χ1v) is 5.65. The lowest BCUT2D eigenvalue weighted by Gasteiger charge is -2.52. The number of carbonyl (C=O) groups is 2. The van der Waals surface area contributed by atoms with Gasteiger partial charge in [0.2, 0.25) is 5.91 Å². The number of thiocarbonyl (C=S) groups is 1. The zero-order valence-electron chi connectivity index (χ0n) is 9.72. The lowest BCUT2D eigenvalue weighted by Crippen LogP contribution is -2.71. The molecule has 6 heteroatoms. The quantitative estimate of drug-likeness (QED) is 0.549. The van der Waals surface area contributed by atoms with Crippen LogP contribution in [0.2, 0.25) is 0 Å². The van der Waals surface area contributed by atoms with E-state index in [-0.39, 0.29) is 11.6 Å². The molecule has 0 saturated carbocycles. The van der Waals surface area contributed by atoms with Crippen molar-refractivity contribution in [2.45, 2.75) is 32.9 Å². The lowest BCUT2D eigenvalue weighted by molar-refractivity contribution is -0.172. The molecule has 0 aromatic rings. The number of fused-ring (bicyclic) bond motifs is 1. The van der Waals surface area contributed by atoms with Crippen molar-refractivity contribution in [1.29, 1.82) is 0 Å². The molecule has 92 valence electrons. The van der Waals surface area contributed by atoms with E-state index in [4.69, 9.17) is 17.3 Å². The summed E-state index contributed by atoms with van der Waals surface area (Å²) >= 11 is 5.18. The molecule has 1 saturated heterocycles. The maximum absolute atomic E-state index is 12.0. The topological polar surface area (TPSA) is 77.8 Å². The van der Waals surface area contributed by atoms with E-state index in [0.717, 1.165) is 0 Å². The Balaban J connectivity index is 2.49. The Morgan fingerprint density at radius 2 is 2.12 bits per heavy atom. The van der Waals surface area contributed by atoms with E-state index in [9.17, 15) is 14.7 Å². The molecular formula is C11H13NO4S. The third-order valence-corrected chi connectivity index (χ3v) is 4.32. The van der Waals surface area contributed by atoms with E-state index in [1.165, 1.54) is 11.8 Å². The van der Waals surface area contributed by atoms with Gasteiger partial charge in [-0.05, 0) is 26.3 Å². The number of rotatable bonds is 2. The van der Waals surface area contributed by atoms with Gasteiger partial charge in [-0.1, -0.05) is 12.2 Å². The number of amides is 1. The summed E-state index contributed by atoms with van der Waals surface area (Å²) in [4.78, 5) is 24.7. The van der Waals surface area contributed by atoms with Crippen molar-refractivity contribution in [1.82, 2.24) is 4.90 Å². The van der Waals surface area contributed by atoms with Crippen LogP contribution in [0.1, 0.15) is 20.8 Å². The van der Waals surface area contributed by atoms with Crippen LogP contribution in [-0.4, -0.2) is 44.0 Å². The molecule has 0 aromatic heterocycles. The van der Waals surface area contributed by atoms with E-state index in [0.29, 0.717) is 10.4 Å². The zero-order valence-corrected chi connectivity index (χ0v) is 10.5. The van der Waals surface area contributed by atoms with Gasteiger partial charge >= 0.3 is 5.97 Å². The molecule has 2 rings (SSSR count). The van der Waals surface area contributed by atoms with Gasteiger partial charge in [-0.3, -0.25) is 9.69 Å². The average Bonchev–Trinajstić information content (AvgIpc) is 2.48. The number of β-lactam (4-membered cyclic amide) rings is 1. The molecule has 3 atom stereocenters. The van der Waals surface area contributed by atoms with Gasteiger partial charge in [0.1, 0.15) is 5.70 Å². The van der Waals surface area contributed by atoms with E-state index < -0.39 is 23.5 Å². The summed E-state index contributed by atoms with van der Waals surface area (Å²) in [6.45, 7) is 4.73. The number of aliphatic hydroxyl groups is 1. The Labute approximate surface area is 104 Å². The Kier molecular flexibility index (Phi) is 2.41. The highest BCUT2D eigenvalue weighted by atomic mass is 32.1. The summed E-state index contributed by atoms with van der Waals surface area (Å²) in [7, 11) is 0. The Hall–Kier alpha value is -1.27. The van der Waals surface area contributed by atoms with E-state index in [1.807, 2.05) is 0 Å². The second kappa shape index (κ2) is 3.36. The molecule has 0 spiro atoms. The van der Waals surface area contributed by atoms with Gasteiger partial charge in [0.25, 0.3) is 0 Å². The number of hydrogen-bond acceptors (Lipinski definition) is 4. The molecule has 1 amide bonds. The van der Waals surface area contributed by atoms with Crippen molar-refractivity contribution in [3.8, 4) is 0 Å². The lowest BCUT2D eigenvalue weighted by atomic mass is 9.68. The van der Waals surface area contributed by atoms with Crippen LogP contribution in [0, 0.1) is 5.41 Å². The summed E-state index contributed by atoms with van der Waals surface area (Å²) in [6.07, 6.45) is -0.866. The second-order valence-electron chi connectivity index (χ2n) is 4.68. The fourth-order valence-electron chi connectivity index (χ4n) is 2.49. The van der Waals surface area contributed by atoms with E-state index in [2.05, 4.69) is 0 Å². The summed E-state index contributed by atoms with van der Waals surface area (Å²) in [5.41, 5.74) is -0.617. The Morgan fingerprint density at radius 3 is 2.53 bits per heavy atom. The predicted octanol–water partition coefficient (Wildman–Crippen LogP) is 0.326. The van der Waals surface area contributed by atoms with Crippen molar-refractivity contribution in [3.05, 3.63) is 11.3 Å². The van der Waals surface area contributed by atoms with E-state index >= 15 is 0 Å². The first-order valence-electron chi connectivity index (χ1n) is 5.24. The highest BCUT2D eigenvalue weighted by Gasteiger charge is 2.66. The minimum Gasteiger partial charge on any atom is -0.477 e. The molecule has 5 nitrogen and oxygen atoms in total. The van der Waals surface area contributed by atoms with Crippen molar-refractivity contribution >= 4 is 29.0 Å². The Morgan fingerprint density at radius 1 is 1.59 bits per heavy atom. The molecule has 0 aromatic carbocycles. The molecular weight excluding hydrogens is 242 g/mol. The molecule has 1 fully saturated rings. The summed E-state index contributed by atoms with van der Waals surface area (Å²) in [5.74, 6) is -1.54. The van der Waals surface area contributed by atoms with Crippen molar-refractivity contribution in [3.63, 3.8) is 0 Å². The van der Waals surface area contributed by atoms with Crippen LogP contribution >= 0.6 is 12.2 Å². The highest BCUT2D eigenvalue weighted by molar-refractivity contribution is 7.81. The van der Waals surface area contributed by atoms with Crippen molar-refractivity contribution in [2.75, 3.05) is 0 Å². The third-order valence-electron chi connectivity index (χ3n) is 3.79. The van der Waals surface area contributed by atoms with Crippen LogP contribution in [0.5, 0.6) is 0 Å². The number of nitrogens with zero attached hydrogens (tertiary/aromatic N) is 1. The fourth-order valence-corrected chi connectivity index (χ4v) is 2.94. The number of carboxylic acids is 1. The number of hydrogen-bond donors (Lipinski definition) is 2. The van der Waals surface area contributed by atoms with Gasteiger partial charge in [-0.2, -0.15) is 0 Å². The number of carboxylic acid groups (broad SMARTS) is 1. The van der Waals surface area contributed by atoms with Crippen LogP contribution in [0.4, 0.5) is 0 Å². The minimum absolute atomic E-state index is 0.0527. The summed E-state index contributed by atoms with van der Waals surface area (Å²) in [5, 5.41) is 18.8.